The lowest BCUT2D eigenvalue weighted by Gasteiger charge is -2.32. The molecule has 2 aliphatic heterocycles. The molecular formula is C20H26N4O5S. The lowest BCUT2D eigenvalue weighted by Crippen LogP contribution is -2.44. The Morgan fingerprint density at radius 1 is 1.10 bits per heavy atom. The van der Waals surface area contributed by atoms with E-state index in [2.05, 4.69) is 9.97 Å². The summed E-state index contributed by atoms with van der Waals surface area (Å²) in [5.41, 5.74) is 0. The standard InChI is InChI=1S/C20H26N4O5S/c1-23(2)19-20(22-9-8-21-19)29-15-5-3-10-24(14-15)30(25,26)16-6-7-17-18(13-16)28-12-4-11-27-17/h6-9,13,15H,3-5,10-12,14H2,1-2H3. The molecule has 162 valence electrons. The number of ether oxygens (including phenoxy) is 3. The summed E-state index contributed by atoms with van der Waals surface area (Å²) >= 11 is 0. The number of hydrogen-bond donors (Lipinski definition) is 0. The van der Waals surface area contributed by atoms with E-state index in [1.807, 2.05) is 19.0 Å². The van der Waals surface area contributed by atoms with Crippen LogP contribution in [0.25, 0.3) is 0 Å². The molecule has 0 spiro atoms. The molecule has 0 radical (unpaired) electrons. The second kappa shape index (κ2) is 8.65. The van der Waals surface area contributed by atoms with Gasteiger partial charge in [-0.3, -0.25) is 0 Å². The van der Waals surface area contributed by atoms with Crippen LogP contribution in [0.15, 0.2) is 35.5 Å². The number of hydrogen-bond acceptors (Lipinski definition) is 8. The van der Waals surface area contributed by atoms with E-state index in [4.69, 9.17) is 14.2 Å². The van der Waals surface area contributed by atoms with Crippen LogP contribution in [0.1, 0.15) is 19.3 Å². The van der Waals surface area contributed by atoms with Crippen molar-refractivity contribution in [3.8, 4) is 17.4 Å². The smallest absolute Gasteiger partial charge is 0.257 e. The van der Waals surface area contributed by atoms with Gasteiger partial charge in [0.25, 0.3) is 5.88 Å². The van der Waals surface area contributed by atoms with Crippen molar-refractivity contribution in [2.45, 2.75) is 30.3 Å². The molecule has 1 aromatic heterocycles. The summed E-state index contributed by atoms with van der Waals surface area (Å²) in [5.74, 6) is 2.06. The van der Waals surface area contributed by atoms with Gasteiger partial charge in [-0.2, -0.15) is 4.31 Å². The van der Waals surface area contributed by atoms with E-state index >= 15 is 0 Å². The Morgan fingerprint density at radius 2 is 1.87 bits per heavy atom. The molecule has 1 fully saturated rings. The zero-order chi connectivity index (χ0) is 21.1. The Bertz CT molecular complexity index is 998. The van der Waals surface area contributed by atoms with Gasteiger partial charge in [-0.25, -0.2) is 18.4 Å². The number of sulfonamides is 1. The van der Waals surface area contributed by atoms with E-state index in [0.29, 0.717) is 49.4 Å². The highest BCUT2D eigenvalue weighted by Crippen LogP contribution is 2.34. The highest BCUT2D eigenvalue weighted by molar-refractivity contribution is 7.89. The zero-order valence-electron chi connectivity index (χ0n) is 17.2. The van der Waals surface area contributed by atoms with Gasteiger partial charge in [0.05, 0.1) is 24.7 Å². The predicted octanol–water partition coefficient (Wildman–Crippen LogP) is 1.94. The predicted molar refractivity (Wildman–Crippen MR) is 111 cm³/mol. The first-order valence-corrected chi connectivity index (χ1v) is 11.4. The van der Waals surface area contributed by atoms with Crippen LogP contribution in [-0.4, -0.2) is 69.2 Å². The normalized spacial score (nSPS) is 19.7. The molecular weight excluding hydrogens is 408 g/mol. The quantitative estimate of drug-likeness (QED) is 0.705. The molecule has 9 nitrogen and oxygen atoms in total. The van der Waals surface area contributed by atoms with E-state index in [1.165, 1.54) is 4.31 Å². The van der Waals surface area contributed by atoms with E-state index in [-0.39, 0.29) is 17.5 Å². The molecule has 30 heavy (non-hydrogen) atoms. The van der Waals surface area contributed by atoms with Gasteiger partial charge in [0, 0.05) is 45.5 Å². The summed E-state index contributed by atoms with van der Waals surface area (Å²) in [6.45, 7) is 1.75. The van der Waals surface area contributed by atoms with Gasteiger partial charge < -0.3 is 19.1 Å². The maximum Gasteiger partial charge on any atom is 0.257 e. The first-order chi connectivity index (χ1) is 14.4. The van der Waals surface area contributed by atoms with Crippen LogP contribution in [0.4, 0.5) is 5.82 Å². The molecule has 2 aliphatic rings. The fourth-order valence-corrected chi connectivity index (χ4v) is 5.06. The molecule has 1 aromatic carbocycles. The molecule has 0 saturated carbocycles. The van der Waals surface area contributed by atoms with Crippen molar-refractivity contribution in [1.29, 1.82) is 0 Å². The summed E-state index contributed by atoms with van der Waals surface area (Å²) in [5, 5.41) is 0. The summed E-state index contributed by atoms with van der Waals surface area (Å²) in [7, 11) is 0.0317. The molecule has 4 rings (SSSR count). The van der Waals surface area contributed by atoms with E-state index in [1.54, 1.807) is 30.6 Å². The molecule has 1 atom stereocenters. The van der Waals surface area contributed by atoms with Crippen molar-refractivity contribution in [1.82, 2.24) is 14.3 Å². The molecule has 1 unspecified atom stereocenters. The number of rotatable bonds is 5. The monoisotopic (exact) mass is 434 g/mol. The minimum absolute atomic E-state index is 0.195. The SMILES string of the molecule is CN(C)c1nccnc1OC1CCCN(S(=O)(=O)c2ccc3c(c2)OCCCO3)C1. The summed E-state index contributed by atoms with van der Waals surface area (Å²) in [6.07, 6.45) is 5.08. The molecule has 0 N–H and O–H groups in total. The Morgan fingerprint density at radius 3 is 2.67 bits per heavy atom. The van der Waals surface area contributed by atoms with Gasteiger partial charge in [-0.05, 0) is 25.0 Å². The van der Waals surface area contributed by atoms with Gasteiger partial charge in [0.2, 0.25) is 10.0 Å². The van der Waals surface area contributed by atoms with Crippen LogP contribution >= 0.6 is 0 Å². The largest absolute Gasteiger partial charge is 0.490 e. The van der Waals surface area contributed by atoms with Crippen molar-refractivity contribution in [2.75, 3.05) is 45.3 Å². The summed E-state index contributed by atoms with van der Waals surface area (Å²) in [4.78, 5) is 10.6. The van der Waals surface area contributed by atoms with Crippen molar-refractivity contribution in [2.24, 2.45) is 0 Å². The highest BCUT2D eigenvalue weighted by atomic mass is 32.2. The van der Waals surface area contributed by atoms with Crippen molar-refractivity contribution in [3.63, 3.8) is 0 Å². The van der Waals surface area contributed by atoms with Crippen LogP contribution in [0.2, 0.25) is 0 Å². The molecule has 0 aliphatic carbocycles. The van der Waals surface area contributed by atoms with Crippen LogP contribution in [-0.2, 0) is 10.0 Å². The minimum atomic E-state index is -3.69. The van der Waals surface area contributed by atoms with E-state index < -0.39 is 10.0 Å². The number of aromatic nitrogens is 2. The fraction of sp³-hybridized carbons (Fsp3) is 0.500. The van der Waals surface area contributed by atoms with Crippen molar-refractivity contribution >= 4 is 15.8 Å². The second-order valence-corrected chi connectivity index (χ2v) is 9.42. The van der Waals surface area contributed by atoms with Crippen molar-refractivity contribution < 1.29 is 22.6 Å². The van der Waals surface area contributed by atoms with Gasteiger partial charge in [-0.15, -0.1) is 0 Å². The van der Waals surface area contributed by atoms with Crippen LogP contribution in [0, 0.1) is 0 Å². The third-order valence-corrected chi connectivity index (χ3v) is 6.91. The first kappa shape index (κ1) is 20.7. The summed E-state index contributed by atoms with van der Waals surface area (Å²) in [6, 6.07) is 4.78. The fourth-order valence-electron chi connectivity index (χ4n) is 3.54. The molecule has 0 amide bonds. The number of benzene rings is 1. The van der Waals surface area contributed by atoms with Crippen LogP contribution in [0.3, 0.4) is 0 Å². The maximum atomic E-state index is 13.3. The number of nitrogens with zero attached hydrogens (tertiary/aromatic N) is 4. The molecule has 1 saturated heterocycles. The number of fused-ring (bicyclic) bond motifs is 1. The van der Waals surface area contributed by atoms with Crippen molar-refractivity contribution in [3.05, 3.63) is 30.6 Å². The second-order valence-electron chi connectivity index (χ2n) is 7.48. The average Bonchev–Trinajstić information content (AvgIpc) is 2.99. The Kier molecular flexibility index (Phi) is 5.96. The topological polar surface area (TPSA) is 94.1 Å². The minimum Gasteiger partial charge on any atom is -0.490 e. The number of piperidine rings is 1. The van der Waals surface area contributed by atoms with E-state index in [9.17, 15) is 8.42 Å². The molecule has 0 bridgehead atoms. The average molecular weight is 435 g/mol. The third kappa shape index (κ3) is 4.29. The lowest BCUT2D eigenvalue weighted by molar-refractivity contribution is 0.125. The van der Waals surface area contributed by atoms with Gasteiger partial charge in [0.15, 0.2) is 17.3 Å². The molecule has 10 heteroatoms. The van der Waals surface area contributed by atoms with Gasteiger partial charge in [0.1, 0.15) is 6.10 Å². The van der Waals surface area contributed by atoms with Gasteiger partial charge >= 0.3 is 0 Å². The van der Waals surface area contributed by atoms with E-state index in [0.717, 1.165) is 12.8 Å². The highest BCUT2D eigenvalue weighted by Gasteiger charge is 2.32. The van der Waals surface area contributed by atoms with Gasteiger partial charge in [-0.1, -0.05) is 0 Å². The zero-order valence-corrected chi connectivity index (χ0v) is 18.0. The Balaban J connectivity index is 1.52. The maximum absolute atomic E-state index is 13.3. The number of anilines is 1. The molecule has 2 aromatic rings. The first-order valence-electron chi connectivity index (χ1n) is 10.00. The van der Waals surface area contributed by atoms with Crippen LogP contribution < -0.4 is 19.1 Å². The summed E-state index contributed by atoms with van der Waals surface area (Å²) < 4.78 is 45.3. The Hall–Kier alpha value is -2.59. The third-order valence-electron chi connectivity index (χ3n) is 5.05. The van der Waals surface area contributed by atoms with Crippen LogP contribution in [0.5, 0.6) is 17.4 Å². The Labute approximate surface area is 176 Å². The molecule has 3 heterocycles. The lowest BCUT2D eigenvalue weighted by atomic mass is 10.1.